The van der Waals surface area contributed by atoms with Gasteiger partial charge in [-0.05, 0) is 51.0 Å². The number of rotatable bonds is 16. The Kier molecular flexibility index (Phi) is 12.5. The molecule has 54 heavy (non-hydrogen) atoms. The molecule has 18 heteroatoms. The van der Waals surface area contributed by atoms with Crippen LogP contribution in [0, 0.1) is 0 Å². The van der Waals surface area contributed by atoms with Crippen molar-refractivity contribution in [3.05, 3.63) is 88.7 Å². The largest absolute Gasteiger partial charge is 0.748 e. The van der Waals surface area contributed by atoms with Crippen LogP contribution in [0.3, 0.4) is 0 Å². The lowest BCUT2D eigenvalue weighted by Gasteiger charge is -2.27. The number of carboxylic acids is 1. The Bertz CT molecular complexity index is 2300. The van der Waals surface area contributed by atoms with E-state index in [1.807, 2.05) is 25.3 Å². The molecule has 0 amide bonds. The fourth-order valence-corrected chi connectivity index (χ4v) is 8.59. The molecule has 0 atom stereocenters. The number of hydrogen-bond acceptors (Lipinski definition) is 11. The number of aromatic carboxylic acids is 1. The fourth-order valence-electron chi connectivity index (χ4n) is 7.08. The third-order valence-corrected chi connectivity index (χ3v) is 11.7. The van der Waals surface area contributed by atoms with Crippen molar-refractivity contribution in [3.8, 4) is 0 Å². The van der Waals surface area contributed by atoms with Crippen molar-refractivity contribution in [2.24, 2.45) is 0 Å². The molecule has 0 spiro atoms. The summed E-state index contributed by atoms with van der Waals surface area (Å²) >= 11 is 0. The zero-order chi connectivity index (χ0) is 40.4. The highest BCUT2D eigenvalue weighted by Gasteiger charge is 2.47. The first-order valence-electron chi connectivity index (χ1n) is 17.0. The molecule has 0 bridgehead atoms. The Balaban J connectivity index is 1.79. The fraction of sp³-hybridized carbons (Fsp3) is 0.417. The molecule has 0 aliphatic carbocycles. The standard InChI is InChI=1S/C36H44N2O13S3/c1-6-19-51-34(41)25-13-10-14-27-31(25)35(2,3)29(37(27)17-11-20-52(42,43)44)15-8-7-9-16-30-36(4,5)32-26(33(39)40)22-24(54(48,49)50)23-28(32)38(30)18-12-21-53(45,46)47/h7-10,13-16,22-23H,6,11-12,17-21H2,1-5H3,(H3-,39,40,42,43,44,45,46,47,48,49,50). The lowest BCUT2D eigenvalue weighted by atomic mass is 9.79. The Labute approximate surface area is 315 Å². The van der Waals surface area contributed by atoms with Gasteiger partial charge in [0.25, 0.3) is 20.2 Å². The molecule has 294 valence electrons. The monoisotopic (exact) mass is 808 g/mol. The van der Waals surface area contributed by atoms with Crippen molar-refractivity contribution in [1.29, 1.82) is 0 Å². The van der Waals surface area contributed by atoms with Crippen LogP contribution in [-0.4, -0.2) is 97.4 Å². The lowest BCUT2D eigenvalue weighted by molar-refractivity contribution is -0.437. The van der Waals surface area contributed by atoms with Crippen molar-refractivity contribution in [2.45, 2.75) is 69.6 Å². The predicted molar refractivity (Wildman–Crippen MR) is 200 cm³/mol. The van der Waals surface area contributed by atoms with E-state index in [2.05, 4.69) is 0 Å². The van der Waals surface area contributed by atoms with Crippen LogP contribution in [0.5, 0.6) is 0 Å². The van der Waals surface area contributed by atoms with Crippen molar-refractivity contribution in [2.75, 3.05) is 36.1 Å². The normalized spacial score (nSPS) is 17.5. The van der Waals surface area contributed by atoms with E-state index >= 15 is 0 Å². The molecule has 0 aromatic heterocycles. The minimum Gasteiger partial charge on any atom is -0.748 e. The highest BCUT2D eigenvalue weighted by atomic mass is 32.2. The highest BCUT2D eigenvalue weighted by molar-refractivity contribution is 7.86. The van der Waals surface area contributed by atoms with Crippen molar-refractivity contribution >= 4 is 59.4 Å². The number of esters is 1. The first-order valence-corrected chi connectivity index (χ1v) is 21.6. The van der Waals surface area contributed by atoms with Gasteiger partial charge in [-0.15, -0.1) is 0 Å². The van der Waals surface area contributed by atoms with Gasteiger partial charge in [-0.2, -0.15) is 21.4 Å². The number of allylic oxidation sites excluding steroid dienone is 6. The van der Waals surface area contributed by atoms with E-state index in [9.17, 15) is 53.6 Å². The van der Waals surface area contributed by atoms with Crippen molar-refractivity contribution < 1.29 is 62.9 Å². The van der Waals surface area contributed by atoms with Gasteiger partial charge in [0.1, 0.15) is 6.54 Å². The molecule has 2 aromatic rings. The van der Waals surface area contributed by atoms with Crippen LogP contribution in [0.1, 0.15) is 85.7 Å². The van der Waals surface area contributed by atoms with E-state index in [0.29, 0.717) is 34.6 Å². The summed E-state index contributed by atoms with van der Waals surface area (Å²) in [5.41, 5.74) is 0.965. The summed E-state index contributed by atoms with van der Waals surface area (Å²) in [5.74, 6) is -3.16. The second kappa shape index (κ2) is 15.9. The first kappa shape index (κ1) is 42.5. The van der Waals surface area contributed by atoms with Gasteiger partial charge in [-0.3, -0.25) is 9.11 Å². The predicted octanol–water partition coefficient (Wildman–Crippen LogP) is 4.58. The SMILES string of the molecule is CCCOC(=O)c1cccc2c1C(C)(C)C(/C=C/C=C/C=C1/N(CCCS(=O)(=O)O)c3cc(S(=O)(=O)O)cc(C(=O)O)c3C1(C)C)=[N+]2CCCS(=O)(=O)[O-]. The molecule has 2 aliphatic rings. The van der Waals surface area contributed by atoms with E-state index in [4.69, 9.17) is 4.74 Å². The third kappa shape index (κ3) is 9.35. The Morgan fingerprint density at radius 1 is 0.907 bits per heavy atom. The minimum absolute atomic E-state index is 0.0197. The highest BCUT2D eigenvalue weighted by Crippen LogP contribution is 2.50. The van der Waals surface area contributed by atoms with Crippen molar-refractivity contribution in [3.63, 3.8) is 0 Å². The lowest BCUT2D eigenvalue weighted by Crippen LogP contribution is -2.29. The van der Waals surface area contributed by atoms with Gasteiger partial charge in [0, 0.05) is 53.2 Å². The molecule has 2 aromatic carbocycles. The van der Waals surface area contributed by atoms with Gasteiger partial charge in [0.05, 0.1) is 49.5 Å². The Hall–Kier alpha value is -4.20. The molecule has 3 N–H and O–H groups in total. The zero-order valence-electron chi connectivity index (χ0n) is 30.5. The van der Waals surface area contributed by atoms with Gasteiger partial charge in [0.15, 0.2) is 5.71 Å². The number of ether oxygens (including phenoxy) is 1. The van der Waals surface area contributed by atoms with Crippen LogP contribution in [0.4, 0.5) is 11.4 Å². The van der Waals surface area contributed by atoms with E-state index in [0.717, 1.165) is 12.1 Å². The second-order valence-corrected chi connectivity index (χ2v) is 18.5. The maximum absolute atomic E-state index is 13.1. The topological polar surface area (TPSA) is 236 Å². The van der Waals surface area contributed by atoms with Crippen LogP contribution < -0.4 is 4.90 Å². The summed E-state index contributed by atoms with van der Waals surface area (Å²) in [6.45, 7) is 9.41. The molecule has 4 rings (SSSR count). The molecule has 0 fully saturated rings. The third-order valence-electron chi connectivity index (χ3n) is 9.30. The van der Waals surface area contributed by atoms with Gasteiger partial charge >= 0.3 is 11.9 Å². The smallest absolute Gasteiger partial charge is 0.338 e. The van der Waals surface area contributed by atoms with Crippen LogP contribution in [0.2, 0.25) is 0 Å². The molecular weight excluding hydrogens is 765 g/mol. The van der Waals surface area contributed by atoms with Crippen LogP contribution in [0.25, 0.3) is 0 Å². The van der Waals surface area contributed by atoms with E-state index in [-0.39, 0.29) is 49.4 Å². The van der Waals surface area contributed by atoms with Gasteiger partial charge in [-0.1, -0.05) is 45.1 Å². The Morgan fingerprint density at radius 3 is 2.19 bits per heavy atom. The number of carbonyl (C=O) groups excluding carboxylic acids is 1. The molecule has 2 heterocycles. The van der Waals surface area contributed by atoms with Crippen LogP contribution in [-0.2, 0) is 45.9 Å². The average Bonchev–Trinajstić information content (AvgIpc) is 3.39. The molecule has 0 saturated carbocycles. The molecular formula is C36H44N2O13S3. The number of hydrogen-bond donors (Lipinski definition) is 3. The van der Waals surface area contributed by atoms with Gasteiger partial charge in [0.2, 0.25) is 5.69 Å². The minimum atomic E-state index is -4.84. The van der Waals surface area contributed by atoms with E-state index < -0.39 is 69.5 Å². The first-order chi connectivity index (χ1) is 24.9. The number of fused-ring (bicyclic) bond motifs is 2. The summed E-state index contributed by atoms with van der Waals surface area (Å²) in [6.07, 6.45) is 8.95. The molecule has 0 unspecified atom stereocenters. The molecule has 0 saturated heterocycles. The van der Waals surface area contributed by atoms with E-state index in [1.165, 1.54) is 0 Å². The maximum atomic E-state index is 13.1. The summed E-state index contributed by atoms with van der Waals surface area (Å²) in [7, 11) is -13.7. The van der Waals surface area contributed by atoms with E-state index in [1.54, 1.807) is 67.3 Å². The maximum Gasteiger partial charge on any atom is 0.338 e. The molecule has 2 aliphatic heterocycles. The summed E-state index contributed by atoms with van der Waals surface area (Å²) in [5, 5.41) is 10.1. The van der Waals surface area contributed by atoms with Crippen LogP contribution >= 0.6 is 0 Å². The summed E-state index contributed by atoms with van der Waals surface area (Å²) < 4.78 is 108. The quantitative estimate of drug-likeness (QED) is 0.0912. The van der Waals surface area contributed by atoms with Crippen molar-refractivity contribution in [1.82, 2.24) is 0 Å². The van der Waals surface area contributed by atoms with Gasteiger partial charge < -0.3 is 19.3 Å². The number of anilines is 1. The van der Waals surface area contributed by atoms with Gasteiger partial charge in [-0.25, -0.2) is 18.0 Å². The number of nitrogens with zero attached hydrogens (tertiary/aromatic N) is 2. The summed E-state index contributed by atoms with van der Waals surface area (Å²) in [4.78, 5) is 26.4. The Morgan fingerprint density at radius 2 is 1.59 bits per heavy atom. The summed E-state index contributed by atoms with van der Waals surface area (Å²) in [6, 6.07) is 7.14. The second-order valence-electron chi connectivity index (χ2n) is 14.0. The number of carbonyl (C=O) groups is 2. The van der Waals surface area contributed by atoms with Crippen LogP contribution in [0.15, 0.2) is 71.3 Å². The molecule has 0 radical (unpaired) electrons. The number of carboxylic acid groups (broad SMARTS) is 1. The average molecular weight is 809 g/mol. The molecule has 15 nitrogen and oxygen atoms in total. The zero-order valence-corrected chi connectivity index (χ0v) is 32.9. The number of benzene rings is 2.